The first-order chi connectivity index (χ1) is 12.8. The van der Waals surface area contributed by atoms with Gasteiger partial charge in [-0.1, -0.05) is 29.3 Å². The van der Waals surface area contributed by atoms with Gasteiger partial charge in [-0.05, 0) is 55.0 Å². The summed E-state index contributed by atoms with van der Waals surface area (Å²) in [6, 6.07) is 9.14. The second-order valence-electron chi connectivity index (χ2n) is 5.37. The molecule has 2 aromatic carbocycles. The fourth-order valence-corrected chi connectivity index (χ4v) is 2.81. The van der Waals surface area contributed by atoms with Crippen molar-refractivity contribution >= 4 is 58.1 Å². The first-order valence-corrected chi connectivity index (χ1v) is 9.01. The van der Waals surface area contributed by atoms with Gasteiger partial charge in [-0.25, -0.2) is 4.79 Å². The van der Waals surface area contributed by atoms with E-state index in [1.165, 1.54) is 18.2 Å². The van der Waals surface area contributed by atoms with E-state index in [0.29, 0.717) is 21.3 Å². The van der Waals surface area contributed by atoms with Gasteiger partial charge in [0.2, 0.25) is 0 Å². The van der Waals surface area contributed by atoms with Crippen molar-refractivity contribution in [2.24, 2.45) is 0 Å². The number of hydrogen-bond donors (Lipinski definition) is 3. The summed E-state index contributed by atoms with van der Waals surface area (Å²) in [6.07, 6.45) is -0.678. The number of amides is 1. The lowest BCUT2D eigenvalue weighted by molar-refractivity contribution is 0.0990. The van der Waals surface area contributed by atoms with Crippen LogP contribution >= 0.6 is 35.4 Å². The van der Waals surface area contributed by atoms with Crippen molar-refractivity contribution in [3.8, 4) is 5.75 Å². The Morgan fingerprint density at radius 3 is 2.59 bits per heavy atom. The van der Waals surface area contributed by atoms with Gasteiger partial charge in [0.15, 0.2) is 10.9 Å². The summed E-state index contributed by atoms with van der Waals surface area (Å²) < 4.78 is 4.73. The largest absolute Gasteiger partial charge is 0.507 e. The molecule has 0 saturated heterocycles. The Hall–Kier alpha value is -2.35. The number of anilines is 1. The van der Waals surface area contributed by atoms with Crippen LogP contribution < -0.4 is 10.6 Å². The predicted octanol–water partition coefficient (Wildman–Crippen LogP) is 4.57. The molecule has 0 aliphatic carbocycles. The fraction of sp³-hybridized carbons (Fsp3) is 0.167. The number of ether oxygens (including phenoxy) is 1. The first kappa shape index (κ1) is 21.0. The Kier molecular flexibility index (Phi) is 7.41. The van der Waals surface area contributed by atoms with E-state index in [9.17, 15) is 14.7 Å². The van der Waals surface area contributed by atoms with Crippen LogP contribution in [-0.4, -0.2) is 28.7 Å². The van der Waals surface area contributed by atoms with Gasteiger partial charge in [0.1, 0.15) is 5.75 Å². The first-order valence-electron chi connectivity index (χ1n) is 7.85. The number of ketones is 1. The molecule has 0 radical (unpaired) electrons. The number of nitrogens with one attached hydrogen (secondary N) is 2. The molecule has 6 nitrogen and oxygen atoms in total. The molecule has 142 valence electrons. The molecule has 0 aliphatic heterocycles. The third-order valence-corrected chi connectivity index (χ3v) is 4.20. The van der Waals surface area contributed by atoms with Crippen molar-refractivity contribution in [1.82, 2.24) is 5.32 Å². The maximum Gasteiger partial charge on any atom is 0.413 e. The van der Waals surface area contributed by atoms with Gasteiger partial charge in [0.25, 0.3) is 0 Å². The molecule has 0 unspecified atom stereocenters. The Labute approximate surface area is 171 Å². The average molecular weight is 427 g/mol. The molecular formula is C18H16Cl2N2O4S. The fourth-order valence-electron chi connectivity index (χ4n) is 2.19. The lowest BCUT2D eigenvalue weighted by Crippen LogP contribution is -2.34. The molecule has 1 amide bonds. The van der Waals surface area contributed by atoms with Gasteiger partial charge < -0.3 is 15.2 Å². The van der Waals surface area contributed by atoms with Crippen LogP contribution in [0.4, 0.5) is 10.5 Å². The van der Waals surface area contributed by atoms with E-state index in [0.717, 1.165) is 0 Å². The number of phenolic OH excluding ortho intramolecular Hbond substituents is 1. The topological polar surface area (TPSA) is 87.7 Å². The minimum atomic E-state index is -0.662. The molecular weight excluding hydrogens is 411 g/mol. The number of thiocarbonyl (C=S) groups is 1. The zero-order valence-electron chi connectivity index (χ0n) is 14.2. The second-order valence-corrected chi connectivity index (χ2v) is 6.62. The number of alkyl carbamates (subject to hydrolysis) is 1. The van der Waals surface area contributed by atoms with E-state index in [1.807, 2.05) is 0 Å². The van der Waals surface area contributed by atoms with E-state index in [4.69, 9.17) is 40.2 Å². The number of benzene rings is 2. The van der Waals surface area contributed by atoms with Gasteiger partial charge in [-0.2, -0.15) is 0 Å². The molecule has 0 aliphatic rings. The molecule has 2 aromatic rings. The normalized spacial score (nSPS) is 10.2. The molecule has 0 saturated carbocycles. The van der Waals surface area contributed by atoms with Gasteiger partial charge >= 0.3 is 6.09 Å². The van der Waals surface area contributed by atoms with Crippen molar-refractivity contribution < 1.29 is 19.4 Å². The van der Waals surface area contributed by atoms with Crippen LogP contribution in [0.15, 0.2) is 36.4 Å². The number of halogens is 2. The smallest absolute Gasteiger partial charge is 0.413 e. The summed E-state index contributed by atoms with van der Waals surface area (Å²) in [4.78, 5) is 23.7. The van der Waals surface area contributed by atoms with Crippen molar-refractivity contribution in [2.45, 2.75) is 13.3 Å². The predicted molar refractivity (Wildman–Crippen MR) is 109 cm³/mol. The quantitative estimate of drug-likeness (QED) is 0.479. The van der Waals surface area contributed by atoms with Gasteiger partial charge in [-0.15, -0.1) is 0 Å². The Morgan fingerprint density at radius 2 is 1.93 bits per heavy atom. The number of hydrogen-bond acceptors (Lipinski definition) is 5. The standard InChI is InChI=1S/C18H16Cl2N2O4S/c1-2-26-18(25)22-17(27)21-12-5-3-10(14(20)9-12)7-16(24)13-8-11(19)4-6-15(13)23/h3-6,8-9,23H,2,7H2,1H3,(H2,21,22,25,27). The Morgan fingerprint density at radius 1 is 1.19 bits per heavy atom. The van der Waals surface area contributed by atoms with Crippen LogP contribution in [-0.2, 0) is 11.2 Å². The number of phenols is 1. The van der Waals surface area contributed by atoms with Crippen LogP contribution in [0, 0.1) is 0 Å². The molecule has 27 heavy (non-hydrogen) atoms. The van der Waals surface area contributed by atoms with Crippen LogP contribution in [0.25, 0.3) is 0 Å². The summed E-state index contributed by atoms with van der Waals surface area (Å²) in [5.41, 5.74) is 1.22. The highest BCUT2D eigenvalue weighted by atomic mass is 35.5. The highest BCUT2D eigenvalue weighted by Crippen LogP contribution is 2.26. The SMILES string of the molecule is CCOC(=O)NC(=S)Nc1ccc(CC(=O)c2cc(Cl)ccc2O)c(Cl)c1. The van der Waals surface area contributed by atoms with Crippen molar-refractivity contribution in [3.05, 3.63) is 57.6 Å². The summed E-state index contributed by atoms with van der Waals surface area (Å²) in [5, 5.41) is 15.7. The van der Waals surface area contributed by atoms with Crippen molar-refractivity contribution in [3.63, 3.8) is 0 Å². The monoisotopic (exact) mass is 426 g/mol. The number of Topliss-reactive ketones (excluding diaryl/α,β-unsaturated/α-hetero) is 1. The minimum Gasteiger partial charge on any atom is -0.507 e. The maximum absolute atomic E-state index is 12.4. The molecule has 0 atom stereocenters. The highest BCUT2D eigenvalue weighted by molar-refractivity contribution is 7.80. The Bertz CT molecular complexity index is 890. The van der Waals surface area contributed by atoms with Gasteiger partial charge in [0.05, 0.1) is 12.2 Å². The van der Waals surface area contributed by atoms with E-state index in [2.05, 4.69) is 10.6 Å². The second kappa shape index (κ2) is 9.55. The van der Waals surface area contributed by atoms with Gasteiger partial charge in [0, 0.05) is 22.2 Å². The molecule has 3 N–H and O–H groups in total. The molecule has 0 bridgehead atoms. The molecule has 0 fully saturated rings. The number of rotatable bonds is 5. The molecule has 2 rings (SSSR count). The third-order valence-electron chi connectivity index (χ3n) is 3.41. The van der Waals surface area contributed by atoms with Crippen LogP contribution in [0.5, 0.6) is 5.75 Å². The molecule has 9 heteroatoms. The average Bonchev–Trinajstić information content (AvgIpc) is 2.59. The van der Waals surface area contributed by atoms with E-state index in [1.54, 1.807) is 25.1 Å². The van der Waals surface area contributed by atoms with Gasteiger partial charge in [-0.3, -0.25) is 10.1 Å². The maximum atomic E-state index is 12.4. The van der Waals surface area contributed by atoms with E-state index >= 15 is 0 Å². The third kappa shape index (κ3) is 6.09. The van der Waals surface area contributed by atoms with Crippen LogP contribution in [0.2, 0.25) is 10.0 Å². The number of aromatic hydroxyl groups is 1. The summed E-state index contributed by atoms with van der Waals surface area (Å²) in [7, 11) is 0. The van der Waals surface area contributed by atoms with Crippen molar-refractivity contribution in [1.29, 1.82) is 0 Å². The zero-order chi connectivity index (χ0) is 20.0. The molecule has 0 spiro atoms. The van der Waals surface area contributed by atoms with Crippen molar-refractivity contribution in [2.75, 3.05) is 11.9 Å². The zero-order valence-corrected chi connectivity index (χ0v) is 16.5. The molecule has 0 aromatic heterocycles. The van der Waals surface area contributed by atoms with Crippen LogP contribution in [0.1, 0.15) is 22.8 Å². The number of carbonyl (C=O) groups is 2. The Balaban J connectivity index is 2.06. The lowest BCUT2D eigenvalue weighted by atomic mass is 10.0. The van der Waals surface area contributed by atoms with E-state index in [-0.39, 0.29) is 35.2 Å². The highest BCUT2D eigenvalue weighted by Gasteiger charge is 2.15. The summed E-state index contributed by atoms with van der Waals surface area (Å²) >= 11 is 17.1. The van der Waals surface area contributed by atoms with Crippen LogP contribution in [0.3, 0.4) is 0 Å². The summed E-state index contributed by atoms with van der Waals surface area (Å²) in [6.45, 7) is 1.91. The number of carbonyl (C=O) groups excluding carboxylic acids is 2. The molecule has 0 heterocycles. The summed E-state index contributed by atoms with van der Waals surface area (Å²) in [5.74, 6) is -0.466. The van der Waals surface area contributed by atoms with E-state index < -0.39 is 6.09 Å². The lowest BCUT2D eigenvalue weighted by Gasteiger charge is -2.11. The minimum absolute atomic E-state index is 0.0153.